The molecule has 0 fully saturated rings. The summed E-state index contributed by atoms with van der Waals surface area (Å²) >= 11 is 0. The summed E-state index contributed by atoms with van der Waals surface area (Å²) in [5.74, 6) is -0.532. The predicted molar refractivity (Wildman–Crippen MR) is 96.1 cm³/mol. The van der Waals surface area contributed by atoms with Gasteiger partial charge >= 0.3 is 0 Å². The van der Waals surface area contributed by atoms with Gasteiger partial charge in [0.25, 0.3) is 5.91 Å². The maximum atomic E-state index is 12.4. The first-order valence-corrected chi connectivity index (χ1v) is 8.43. The number of rotatable bonds is 2. The molecule has 4 N–H and O–H groups in total. The van der Waals surface area contributed by atoms with Gasteiger partial charge in [-0.15, -0.1) is 0 Å². The average molecular weight is 336 g/mol. The summed E-state index contributed by atoms with van der Waals surface area (Å²) in [6.45, 7) is 2.09. The number of aromatic nitrogens is 1. The first kappa shape index (κ1) is 15.6. The minimum Gasteiger partial charge on any atom is -0.508 e. The fraction of sp³-hybridized carbons (Fsp3) is 0.250. The maximum Gasteiger partial charge on any atom is 0.251 e. The van der Waals surface area contributed by atoms with Crippen molar-refractivity contribution in [3.63, 3.8) is 0 Å². The summed E-state index contributed by atoms with van der Waals surface area (Å²) in [5.41, 5.74) is 5.17. The number of amides is 1. The maximum absolute atomic E-state index is 12.4. The molecule has 0 bridgehead atoms. The van der Waals surface area contributed by atoms with Crippen LogP contribution in [0.25, 0.3) is 10.9 Å². The summed E-state index contributed by atoms with van der Waals surface area (Å²) in [6.07, 6.45) is 2.53. The van der Waals surface area contributed by atoms with Crippen LogP contribution in [0, 0.1) is 6.92 Å². The second kappa shape index (κ2) is 5.84. The van der Waals surface area contributed by atoms with Crippen molar-refractivity contribution >= 4 is 16.8 Å². The number of aromatic hydroxyl groups is 2. The molecule has 5 nitrogen and oxygen atoms in total. The van der Waals surface area contributed by atoms with E-state index in [1.165, 1.54) is 40.4 Å². The van der Waals surface area contributed by atoms with Crippen LogP contribution in [-0.4, -0.2) is 27.1 Å². The Bertz CT molecular complexity index is 954. The quantitative estimate of drug-likeness (QED) is 0.580. The average Bonchev–Trinajstić information content (AvgIpc) is 2.91. The van der Waals surface area contributed by atoms with Crippen molar-refractivity contribution in [2.45, 2.75) is 32.2 Å². The molecule has 1 atom stereocenters. The zero-order valence-corrected chi connectivity index (χ0v) is 14.0. The Balaban J connectivity index is 1.54. The van der Waals surface area contributed by atoms with Gasteiger partial charge in [-0.1, -0.05) is 11.6 Å². The number of aromatic amines is 1. The molecule has 25 heavy (non-hydrogen) atoms. The molecule has 1 aromatic heterocycles. The van der Waals surface area contributed by atoms with Gasteiger partial charge in [0.15, 0.2) is 0 Å². The van der Waals surface area contributed by atoms with Crippen LogP contribution in [0.15, 0.2) is 36.4 Å². The molecule has 0 aliphatic heterocycles. The topological polar surface area (TPSA) is 85.4 Å². The number of aryl methyl sites for hydroxylation is 2. The third-order valence-electron chi connectivity index (χ3n) is 4.84. The third kappa shape index (κ3) is 2.93. The Morgan fingerprint density at radius 3 is 2.68 bits per heavy atom. The number of H-pyrrole nitrogens is 1. The lowest BCUT2D eigenvalue weighted by Crippen LogP contribution is -2.38. The van der Waals surface area contributed by atoms with Gasteiger partial charge in [0.05, 0.1) is 0 Å². The number of hydrogen-bond acceptors (Lipinski definition) is 3. The van der Waals surface area contributed by atoms with Crippen LogP contribution in [0.5, 0.6) is 11.5 Å². The van der Waals surface area contributed by atoms with E-state index in [2.05, 4.69) is 35.4 Å². The molecule has 1 unspecified atom stereocenters. The van der Waals surface area contributed by atoms with Gasteiger partial charge in [-0.05, 0) is 49.6 Å². The SMILES string of the molecule is Cc1ccc2[nH]c3c(c2c1)CCC(NC(=O)c1cc(O)cc(O)c1)C3. The summed E-state index contributed by atoms with van der Waals surface area (Å²) in [5, 5.41) is 23.4. The van der Waals surface area contributed by atoms with Crippen LogP contribution in [0.2, 0.25) is 0 Å². The normalized spacial score (nSPS) is 16.6. The minimum atomic E-state index is -0.286. The second-order valence-corrected chi connectivity index (χ2v) is 6.78. The Morgan fingerprint density at radius 1 is 1.16 bits per heavy atom. The van der Waals surface area contributed by atoms with E-state index in [4.69, 9.17) is 0 Å². The van der Waals surface area contributed by atoms with Crippen molar-refractivity contribution in [2.24, 2.45) is 0 Å². The van der Waals surface area contributed by atoms with Crippen molar-refractivity contribution in [1.29, 1.82) is 0 Å². The number of carbonyl (C=O) groups excluding carboxylic acids is 1. The Hall–Kier alpha value is -2.95. The van der Waals surface area contributed by atoms with E-state index in [1.54, 1.807) is 0 Å². The van der Waals surface area contributed by atoms with E-state index in [9.17, 15) is 15.0 Å². The van der Waals surface area contributed by atoms with Crippen LogP contribution in [0.1, 0.15) is 33.6 Å². The monoisotopic (exact) mass is 336 g/mol. The van der Waals surface area contributed by atoms with Crippen LogP contribution in [-0.2, 0) is 12.8 Å². The highest BCUT2D eigenvalue weighted by molar-refractivity contribution is 5.95. The fourth-order valence-electron chi connectivity index (χ4n) is 3.66. The fourth-order valence-corrected chi connectivity index (χ4v) is 3.66. The van der Waals surface area contributed by atoms with Crippen LogP contribution in [0.4, 0.5) is 0 Å². The number of hydrogen-bond donors (Lipinski definition) is 4. The van der Waals surface area contributed by atoms with Crippen molar-refractivity contribution in [1.82, 2.24) is 10.3 Å². The molecule has 2 aromatic carbocycles. The van der Waals surface area contributed by atoms with Crippen LogP contribution >= 0.6 is 0 Å². The number of fused-ring (bicyclic) bond motifs is 3. The van der Waals surface area contributed by atoms with Crippen molar-refractivity contribution in [3.8, 4) is 11.5 Å². The second-order valence-electron chi connectivity index (χ2n) is 6.78. The van der Waals surface area contributed by atoms with E-state index >= 15 is 0 Å². The molecule has 1 aliphatic rings. The summed E-state index contributed by atoms with van der Waals surface area (Å²) in [6, 6.07) is 10.3. The van der Waals surface area contributed by atoms with E-state index in [1.807, 2.05) is 0 Å². The molecule has 4 rings (SSSR count). The third-order valence-corrected chi connectivity index (χ3v) is 4.84. The predicted octanol–water partition coefficient (Wildman–Crippen LogP) is 3.17. The number of benzene rings is 2. The minimum absolute atomic E-state index is 0.0265. The molecular formula is C20H20N2O3. The molecule has 3 aromatic rings. The van der Waals surface area contributed by atoms with E-state index in [0.717, 1.165) is 24.8 Å². The lowest BCUT2D eigenvalue weighted by atomic mass is 9.91. The molecule has 128 valence electrons. The number of carbonyl (C=O) groups is 1. The molecule has 0 spiro atoms. The molecule has 0 saturated heterocycles. The van der Waals surface area contributed by atoms with Gasteiger partial charge in [-0.25, -0.2) is 0 Å². The van der Waals surface area contributed by atoms with Crippen molar-refractivity contribution in [2.75, 3.05) is 0 Å². The highest BCUT2D eigenvalue weighted by Gasteiger charge is 2.24. The van der Waals surface area contributed by atoms with Crippen LogP contribution in [0.3, 0.4) is 0 Å². The summed E-state index contributed by atoms with van der Waals surface area (Å²) < 4.78 is 0. The largest absolute Gasteiger partial charge is 0.508 e. The molecule has 0 radical (unpaired) electrons. The molecule has 0 saturated carbocycles. The number of phenolic OH excluding ortho intramolecular Hbond substituents is 2. The van der Waals surface area contributed by atoms with Gasteiger partial charge in [0.2, 0.25) is 0 Å². The van der Waals surface area contributed by atoms with E-state index in [0.29, 0.717) is 0 Å². The first-order chi connectivity index (χ1) is 12.0. The van der Waals surface area contributed by atoms with E-state index in [-0.39, 0.29) is 29.0 Å². The standard InChI is InChI=1S/C20H20N2O3/c1-11-2-5-18-17(6-11)16-4-3-13(9-19(16)22-18)21-20(25)12-7-14(23)10-15(24)8-12/h2,5-8,10,13,22-24H,3-4,9H2,1H3,(H,21,25). The van der Waals surface area contributed by atoms with Gasteiger partial charge in [0.1, 0.15) is 11.5 Å². The van der Waals surface area contributed by atoms with E-state index < -0.39 is 0 Å². The molecule has 1 aliphatic carbocycles. The smallest absolute Gasteiger partial charge is 0.251 e. The summed E-state index contributed by atoms with van der Waals surface area (Å²) in [7, 11) is 0. The Morgan fingerprint density at radius 2 is 1.92 bits per heavy atom. The summed E-state index contributed by atoms with van der Waals surface area (Å²) in [4.78, 5) is 15.9. The van der Waals surface area contributed by atoms with Gasteiger partial charge in [-0.3, -0.25) is 4.79 Å². The van der Waals surface area contributed by atoms with Gasteiger partial charge < -0.3 is 20.5 Å². The molecular weight excluding hydrogens is 316 g/mol. The zero-order valence-electron chi connectivity index (χ0n) is 14.0. The van der Waals surface area contributed by atoms with Crippen molar-refractivity contribution < 1.29 is 15.0 Å². The molecule has 1 amide bonds. The highest BCUT2D eigenvalue weighted by atomic mass is 16.3. The van der Waals surface area contributed by atoms with Crippen molar-refractivity contribution in [3.05, 3.63) is 58.8 Å². The lowest BCUT2D eigenvalue weighted by Gasteiger charge is -2.23. The number of phenols is 2. The lowest BCUT2D eigenvalue weighted by molar-refractivity contribution is 0.0932. The van der Waals surface area contributed by atoms with Gasteiger partial charge in [-0.2, -0.15) is 0 Å². The highest BCUT2D eigenvalue weighted by Crippen LogP contribution is 2.30. The Kier molecular flexibility index (Phi) is 3.64. The van der Waals surface area contributed by atoms with Crippen LogP contribution < -0.4 is 5.32 Å². The first-order valence-electron chi connectivity index (χ1n) is 8.43. The zero-order chi connectivity index (χ0) is 17.6. The molecule has 5 heteroatoms. The van der Waals surface area contributed by atoms with Gasteiger partial charge in [0, 0.05) is 40.7 Å². The Labute approximate surface area is 145 Å². The molecule has 1 heterocycles. The number of nitrogens with one attached hydrogen (secondary N) is 2.